The van der Waals surface area contributed by atoms with Crippen LogP contribution in [0.15, 0.2) is 182 Å². The lowest BCUT2D eigenvalue weighted by atomic mass is 9.81. The average Bonchev–Trinajstić information content (AvgIpc) is 3.78. The van der Waals surface area contributed by atoms with E-state index in [1.54, 1.807) is 0 Å². The molecule has 0 N–H and O–H groups in total. The van der Waals surface area contributed by atoms with Crippen LogP contribution in [-0.2, 0) is 5.41 Å². The van der Waals surface area contributed by atoms with Crippen molar-refractivity contribution in [2.75, 3.05) is 0 Å². The highest BCUT2D eigenvalue weighted by atomic mass is 32.1. The van der Waals surface area contributed by atoms with Crippen molar-refractivity contribution in [3.8, 4) is 55.8 Å². The highest BCUT2D eigenvalue weighted by Gasteiger charge is 2.36. The maximum atomic E-state index is 5.31. The average molecular weight is 757 g/mol. The van der Waals surface area contributed by atoms with Gasteiger partial charge < -0.3 is 0 Å². The van der Waals surface area contributed by atoms with Crippen molar-refractivity contribution in [3.63, 3.8) is 0 Å². The van der Waals surface area contributed by atoms with Gasteiger partial charge in [0.15, 0.2) is 0 Å². The van der Waals surface area contributed by atoms with Gasteiger partial charge in [-0.3, -0.25) is 4.98 Å². The second-order valence-corrected chi connectivity index (χ2v) is 17.1. The van der Waals surface area contributed by atoms with Gasteiger partial charge >= 0.3 is 0 Å². The van der Waals surface area contributed by atoms with Crippen molar-refractivity contribution in [3.05, 3.63) is 193 Å². The standard InChI is InChI=1S/C55H36N2S/c1-55(2)48-30-34(33-13-4-3-5-14-33)25-27-42(48)43-28-26-36(31-49(43)55)39-22-12-24-47-46-23-11-21-38(53(46)58-54(39)47)35-15-10-16-37(29-35)50-32-56-51-44-19-8-6-17-40(44)41-18-7-9-20-45(41)52(51)57-50/h3-32H,1-2H3. The zero-order valence-electron chi connectivity index (χ0n) is 32.1. The molecule has 0 radical (unpaired) electrons. The van der Waals surface area contributed by atoms with E-state index in [1.807, 2.05) is 17.5 Å². The predicted molar refractivity (Wildman–Crippen MR) is 247 cm³/mol. The van der Waals surface area contributed by atoms with Gasteiger partial charge in [-0.25, -0.2) is 4.98 Å². The first kappa shape index (κ1) is 33.2. The Bertz CT molecular complexity index is 3450. The summed E-state index contributed by atoms with van der Waals surface area (Å²) in [7, 11) is 0. The van der Waals surface area contributed by atoms with E-state index in [0.29, 0.717) is 0 Å². The van der Waals surface area contributed by atoms with Crippen LogP contribution in [0.25, 0.3) is 109 Å². The van der Waals surface area contributed by atoms with E-state index in [9.17, 15) is 0 Å². The lowest BCUT2D eigenvalue weighted by Gasteiger charge is -2.22. The third-order valence-electron chi connectivity index (χ3n) is 12.5. The van der Waals surface area contributed by atoms with Crippen molar-refractivity contribution in [1.29, 1.82) is 0 Å². The zero-order valence-corrected chi connectivity index (χ0v) is 32.9. The molecule has 11 aromatic rings. The summed E-state index contributed by atoms with van der Waals surface area (Å²) in [5.74, 6) is 0. The van der Waals surface area contributed by atoms with Gasteiger partial charge in [-0.05, 0) is 84.6 Å². The number of hydrogen-bond donors (Lipinski definition) is 0. The van der Waals surface area contributed by atoms with Crippen molar-refractivity contribution in [1.82, 2.24) is 9.97 Å². The SMILES string of the molecule is CC1(C)c2cc(-c3ccccc3)ccc2-c2ccc(-c3cccc4c3sc3c(-c5cccc(-c6cnc7c8ccccc8c8ccccc8c7n6)c5)cccc34)cc21. The number of rotatable bonds is 4. The molecule has 0 amide bonds. The Morgan fingerprint density at radius 1 is 0.379 bits per heavy atom. The van der Waals surface area contributed by atoms with Crippen molar-refractivity contribution in [2.45, 2.75) is 19.3 Å². The molecule has 0 aliphatic heterocycles. The van der Waals surface area contributed by atoms with Crippen LogP contribution < -0.4 is 0 Å². The molecule has 1 aliphatic carbocycles. The summed E-state index contributed by atoms with van der Waals surface area (Å²) in [6.07, 6.45) is 1.94. The van der Waals surface area contributed by atoms with Crippen LogP contribution >= 0.6 is 11.3 Å². The number of aromatic nitrogens is 2. The first-order valence-corrected chi connectivity index (χ1v) is 20.8. The molecule has 2 nitrogen and oxygen atoms in total. The molecule has 0 spiro atoms. The van der Waals surface area contributed by atoms with E-state index >= 15 is 0 Å². The lowest BCUT2D eigenvalue weighted by molar-refractivity contribution is 0.661. The van der Waals surface area contributed by atoms with Gasteiger partial charge in [-0.15, -0.1) is 11.3 Å². The first-order valence-electron chi connectivity index (χ1n) is 20.0. The summed E-state index contributed by atoms with van der Waals surface area (Å²) in [4.78, 5) is 10.4. The highest BCUT2D eigenvalue weighted by Crippen LogP contribution is 2.52. The third-order valence-corrected chi connectivity index (χ3v) is 13.8. The summed E-state index contributed by atoms with van der Waals surface area (Å²) in [6.45, 7) is 4.76. The minimum Gasteiger partial charge on any atom is -0.252 e. The molecule has 12 rings (SSSR count). The molecule has 3 heteroatoms. The van der Waals surface area contributed by atoms with Crippen LogP contribution in [0.5, 0.6) is 0 Å². The fourth-order valence-corrected chi connectivity index (χ4v) is 11.0. The van der Waals surface area contributed by atoms with Crippen molar-refractivity contribution in [2.24, 2.45) is 0 Å². The second kappa shape index (κ2) is 12.5. The van der Waals surface area contributed by atoms with Crippen molar-refractivity contribution >= 4 is 64.1 Å². The maximum absolute atomic E-state index is 5.31. The molecule has 0 atom stereocenters. The Morgan fingerprint density at radius 3 is 1.55 bits per heavy atom. The van der Waals surface area contributed by atoms with Crippen LogP contribution in [0.3, 0.4) is 0 Å². The summed E-state index contributed by atoms with van der Waals surface area (Å²) < 4.78 is 2.62. The van der Waals surface area contributed by atoms with Crippen LogP contribution in [-0.4, -0.2) is 9.97 Å². The van der Waals surface area contributed by atoms with Gasteiger partial charge in [0, 0.05) is 41.9 Å². The number of benzene rings is 9. The van der Waals surface area contributed by atoms with E-state index in [0.717, 1.165) is 33.1 Å². The third kappa shape index (κ3) is 4.90. The van der Waals surface area contributed by atoms with Crippen LogP contribution in [0.1, 0.15) is 25.0 Å². The number of nitrogens with zero attached hydrogens (tertiary/aromatic N) is 2. The van der Waals surface area contributed by atoms with E-state index in [2.05, 4.69) is 190 Å². The molecule has 1 aliphatic rings. The minimum atomic E-state index is -0.117. The Labute approximate surface area is 340 Å². The molecule has 58 heavy (non-hydrogen) atoms. The van der Waals surface area contributed by atoms with Gasteiger partial charge in [0.2, 0.25) is 0 Å². The fourth-order valence-electron chi connectivity index (χ4n) is 9.60. The van der Waals surface area contributed by atoms with E-state index in [1.165, 1.54) is 86.6 Å². The molecule has 272 valence electrons. The fraction of sp³-hybridized carbons (Fsp3) is 0.0545. The van der Waals surface area contributed by atoms with Crippen LogP contribution in [0.4, 0.5) is 0 Å². The highest BCUT2D eigenvalue weighted by molar-refractivity contribution is 7.26. The molecule has 2 aromatic heterocycles. The lowest BCUT2D eigenvalue weighted by Crippen LogP contribution is -2.15. The molecule has 0 unspecified atom stereocenters. The zero-order chi connectivity index (χ0) is 38.5. The molecule has 9 aromatic carbocycles. The summed E-state index contributed by atoms with van der Waals surface area (Å²) in [5, 5.41) is 7.25. The van der Waals surface area contributed by atoms with Gasteiger partial charge in [0.25, 0.3) is 0 Å². The summed E-state index contributed by atoms with van der Waals surface area (Å²) >= 11 is 1.90. The number of thiophene rings is 1. The van der Waals surface area contributed by atoms with Crippen LogP contribution in [0, 0.1) is 0 Å². The number of hydrogen-bond acceptors (Lipinski definition) is 3. The quantitative estimate of drug-likeness (QED) is 0.167. The second-order valence-electron chi connectivity index (χ2n) is 16.1. The normalized spacial score (nSPS) is 13.1. The predicted octanol–water partition coefficient (Wildman–Crippen LogP) is 15.3. The Morgan fingerprint density at radius 2 is 0.879 bits per heavy atom. The molecule has 2 heterocycles. The largest absolute Gasteiger partial charge is 0.252 e. The van der Waals surface area contributed by atoms with Crippen molar-refractivity contribution < 1.29 is 0 Å². The van der Waals surface area contributed by atoms with Gasteiger partial charge in [0.1, 0.15) is 0 Å². The molecule has 0 saturated heterocycles. The van der Waals surface area contributed by atoms with E-state index < -0.39 is 0 Å². The maximum Gasteiger partial charge on any atom is 0.0979 e. The summed E-state index contributed by atoms with van der Waals surface area (Å²) in [5.41, 5.74) is 16.6. The molecule has 0 bridgehead atoms. The Hall–Kier alpha value is -6.94. The number of fused-ring (bicyclic) bond motifs is 12. The van der Waals surface area contributed by atoms with Gasteiger partial charge in [-0.1, -0.05) is 172 Å². The van der Waals surface area contributed by atoms with Crippen LogP contribution in [0.2, 0.25) is 0 Å². The summed E-state index contributed by atoms with van der Waals surface area (Å²) in [6, 6.07) is 64.3. The first-order chi connectivity index (χ1) is 28.5. The molecule has 0 saturated carbocycles. The van der Waals surface area contributed by atoms with E-state index in [-0.39, 0.29) is 5.41 Å². The molecular weight excluding hydrogens is 721 g/mol. The Balaban J connectivity index is 0.954. The monoisotopic (exact) mass is 756 g/mol. The topological polar surface area (TPSA) is 25.8 Å². The smallest absolute Gasteiger partial charge is 0.0979 e. The van der Waals surface area contributed by atoms with Gasteiger partial charge in [-0.2, -0.15) is 0 Å². The Kier molecular flexibility index (Phi) is 7.18. The minimum absolute atomic E-state index is 0.117. The van der Waals surface area contributed by atoms with E-state index in [4.69, 9.17) is 9.97 Å². The molecular formula is C55H36N2S. The molecule has 0 fully saturated rings. The van der Waals surface area contributed by atoms with Gasteiger partial charge in [0.05, 0.1) is 22.9 Å².